The Kier molecular flexibility index (Phi) is 7.24. The van der Waals surface area contributed by atoms with E-state index in [0.717, 1.165) is 27.8 Å². The minimum Gasteiger partial charge on any atom is -0.350 e. The monoisotopic (exact) mass is 491 g/mol. The Labute approximate surface area is 204 Å². The number of hydrogen-bond acceptors (Lipinski definition) is 6. The van der Waals surface area contributed by atoms with E-state index < -0.39 is 5.91 Å². The van der Waals surface area contributed by atoms with Crippen LogP contribution in [0.25, 0.3) is 6.08 Å². The lowest BCUT2D eigenvalue weighted by Gasteiger charge is -2.14. The van der Waals surface area contributed by atoms with Crippen LogP contribution in [0.3, 0.4) is 0 Å². The molecule has 2 N–H and O–H groups in total. The maximum Gasteiger partial charge on any atom is 0.293 e. The van der Waals surface area contributed by atoms with Gasteiger partial charge in [-0.15, -0.1) is 11.3 Å². The lowest BCUT2D eigenvalue weighted by molar-refractivity contribution is -0.122. The number of carbonyl (C=O) groups excluding carboxylic acids is 4. The molecule has 2 aromatic carbocycles. The van der Waals surface area contributed by atoms with Crippen LogP contribution in [0, 0.1) is 6.92 Å². The van der Waals surface area contributed by atoms with Gasteiger partial charge in [-0.2, -0.15) is 0 Å². The maximum absolute atomic E-state index is 12.7. The van der Waals surface area contributed by atoms with Crippen molar-refractivity contribution in [2.24, 2.45) is 0 Å². The second-order valence-corrected chi connectivity index (χ2v) is 9.42. The molecule has 4 amide bonds. The minimum atomic E-state index is -0.413. The Balaban J connectivity index is 1.36. The highest BCUT2D eigenvalue weighted by atomic mass is 32.2. The Bertz CT molecular complexity index is 1270. The van der Waals surface area contributed by atoms with Crippen LogP contribution in [0.4, 0.5) is 10.5 Å². The van der Waals surface area contributed by atoms with Gasteiger partial charge in [0.25, 0.3) is 23.0 Å². The number of amides is 4. The molecule has 0 radical (unpaired) electrons. The van der Waals surface area contributed by atoms with E-state index in [9.17, 15) is 19.2 Å². The number of thiophene rings is 1. The van der Waals surface area contributed by atoms with Crippen molar-refractivity contribution in [2.45, 2.75) is 6.92 Å². The van der Waals surface area contributed by atoms with Gasteiger partial charge in [0.2, 0.25) is 0 Å². The highest BCUT2D eigenvalue weighted by Gasteiger charge is 2.34. The van der Waals surface area contributed by atoms with Crippen LogP contribution < -0.4 is 10.6 Å². The molecule has 7 nitrogen and oxygen atoms in total. The predicted molar refractivity (Wildman–Crippen MR) is 135 cm³/mol. The van der Waals surface area contributed by atoms with E-state index in [1.54, 1.807) is 47.9 Å². The van der Waals surface area contributed by atoms with E-state index in [0.29, 0.717) is 21.0 Å². The molecule has 172 valence electrons. The van der Waals surface area contributed by atoms with Crippen LogP contribution in [-0.4, -0.2) is 41.0 Å². The SMILES string of the molecule is Cc1ccc(/C=C2\SC(=O)N(CCNC(=O)c3ccccc3NC(=O)c3cccs3)C2=O)cc1. The fraction of sp³-hybridized carbons (Fsp3) is 0.120. The first kappa shape index (κ1) is 23.5. The van der Waals surface area contributed by atoms with Crippen LogP contribution in [0.1, 0.15) is 31.2 Å². The molecule has 0 bridgehead atoms. The molecule has 0 spiro atoms. The second-order valence-electron chi connectivity index (χ2n) is 7.48. The molecule has 1 aliphatic heterocycles. The highest BCUT2D eigenvalue weighted by molar-refractivity contribution is 8.18. The molecule has 1 aromatic heterocycles. The van der Waals surface area contributed by atoms with E-state index in [1.165, 1.54) is 11.3 Å². The number of anilines is 1. The van der Waals surface area contributed by atoms with Crippen LogP contribution >= 0.6 is 23.1 Å². The smallest absolute Gasteiger partial charge is 0.293 e. The first-order valence-electron chi connectivity index (χ1n) is 10.5. The summed E-state index contributed by atoms with van der Waals surface area (Å²) < 4.78 is 0. The Hall–Kier alpha value is -3.69. The van der Waals surface area contributed by atoms with Crippen molar-refractivity contribution in [3.8, 4) is 0 Å². The van der Waals surface area contributed by atoms with Crippen molar-refractivity contribution < 1.29 is 19.2 Å². The van der Waals surface area contributed by atoms with E-state index in [1.807, 2.05) is 31.2 Å². The molecule has 3 aromatic rings. The van der Waals surface area contributed by atoms with Gasteiger partial charge in [0.05, 0.1) is 21.0 Å². The van der Waals surface area contributed by atoms with Crippen molar-refractivity contribution in [1.82, 2.24) is 10.2 Å². The largest absolute Gasteiger partial charge is 0.350 e. The van der Waals surface area contributed by atoms with Gasteiger partial charge in [-0.3, -0.25) is 24.1 Å². The number of thioether (sulfide) groups is 1. The Morgan fingerprint density at radius 1 is 0.971 bits per heavy atom. The Morgan fingerprint density at radius 3 is 2.47 bits per heavy atom. The molecule has 9 heteroatoms. The third-order valence-electron chi connectivity index (χ3n) is 5.03. The molecule has 1 saturated heterocycles. The number of para-hydroxylation sites is 1. The summed E-state index contributed by atoms with van der Waals surface area (Å²) in [7, 11) is 0. The summed E-state index contributed by atoms with van der Waals surface area (Å²) >= 11 is 2.19. The number of carbonyl (C=O) groups is 4. The summed E-state index contributed by atoms with van der Waals surface area (Å²) in [6.07, 6.45) is 1.69. The summed E-state index contributed by atoms with van der Waals surface area (Å²) in [6.45, 7) is 2.11. The van der Waals surface area contributed by atoms with Gasteiger partial charge in [-0.1, -0.05) is 48.0 Å². The van der Waals surface area contributed by atoms with Gasteiger partial charge in [0.15, 0.2) is 0 Å². The highest BCUT2D eigenvalue weighted by Crippen LogP contribution is 2.32. The van der Waals surface area contributed by atoms with Crippen molar-refractivity contribution in [3.05, 3.63) is 92.5 Å². The molecular weight excluding hydrogens is 470 g/mol. The summed E-state index contributed by atoms with van der Waals surface area (Å²) in [5.41, 5.74) is 2.62. The van der Waals surface area contributed by atoms with Gasteiger partial charge in [0, 0.05) is 13.1 Å². The van der Waals surface area contributed by atoms with Gasteiger partial charge in [0.1, 0.15) is 0 Å². The van der Waals surface area contributed by atoms with E-state index in [2.05, 4.69) is 10.6 Å². The zero-order valence-corrected chi connectivity index (χ0v) is 19.9. The van der Waals surface area contributed by atoms with Crippen molar-refractivity contribution >= 4 is 57.8 Å². The third kappa shape index (κ3) is 5.44. The van der Waals surface area contributed by atoms with Crippen molar-refractivity contribution in [3.63, 3.8) is 0 Å². The fourth-order valence-corrected chi connectivity index (χ4v) is 4.75. The van der Waals surface area contributed by atoms with Crippen molar-refractivity contribution in [2.75, 3.05) is 18.4 Å². The molecular formula is C25H21N3O4S2. The number of hydrogen-bond donors (Lipinski definition) is 2. The minimum absolute atomic E-state index is 0.0470. The van der Waals surface area contributed by atoms with Gasteiger partial charge in [-0.25, -0.2) is 0 Å². The van der Waals surface area contributed by atoms with Gasteiger partial charge < -0.3 is 10.6 Å². The zero-order valence-electron chi connectivity index (χ0n) is 18.2. The molecule has 2 heterocycles. The van der Waals surface area contributed by atoms with Crippen LogP contribution in [0.5, 0.6) is 0 Å². The van der Waals surface area contributed by atoms with E-state index >= 15 is 0 Å². The molecule has 1 aliphatic rings. The number of nitrogens with zero attached hydrogens (tertiary/aromatic N) is 1. The predicted octanol–water partition coefficient (Wildman–Crippen LogP) is 4.78. The van der Waals surface area contributed by atoms with Crippen LogP contribution in [0.2, 0.25) is 0 Å². The standard InChI is InChI=1S/C25H21N3O4S2/c1-16-8-10-17(11-9-16)15-21-24(31)28(25(32)34-21)13-12-26-22(29)18-5-2-3-6-19(18)27-23(30)20-7-4-14-33-20/h2-11,14-15H,12-13H2,1H3,(H,26,29)(H,27,30)/b21-15-. The Morgan fingerprint density at radius 2 is 1.74 bits per heavy atom. The lowest BCUT2D eigenvalue weighted by atomic mass is 10.1. The normalized spacial score (nSPS) is 14.5. The first-order valence-corrected chi connectivity index (χ1v) is 12.2. The third-order valence-corrected chi connectivity index (χ3v) is 6.81. The summed E-state index contributed by atoms with van der Waals surface area (Å²) in [5.74, 6) is -1.09. The molecule has 0 atom stereocenters. The second kappa shape index (κ2) is 10.5. The van der Waals surface area contributed by atoms with E-state index in [4.69, 9.17) is 0 Å². The summed E-state index contributed by atoms with van der Waals surface area (Å²) in [5, 5.41) is 6.90. The number of aryl methyl sites for hydroxylation is 1. The molecule has 0 saturated carbocycles. The van der Waals surface area contributed by atoms with E-state index in [-0.39, 0.29) is 30.1 Å². The molecule has 0 aliphatic carbocycles. The lowest BCUT2D eigenvalue weighted by Crippen LogP contribution is -2.37. The zero-order chi connectivity index (χ0) is 24.1. The quantitative estimate of drug-likeness (QED) is 0.464. The summed E-state index contributed by atoms with van der Waals surface area (Å²) in [4.78, 5) is 52.1. The topological polar surface area (TPSA) is 95.6 Å². The maximum atomic E-state index is 12.7. The van der Waals surface area contributed by atoms with Crippen molar-refractivity contribution in [1.29, 1.82) is 0 Å². The molecule has 1 fully saturated rings. The first-order chi connectivity index (χ1) is 16.4. The number of nitrogens with one attached hydrogen (secondary N) is 2. The fourth-order valence-electron chi connectivity index (χ4n) is 3.27. The number of benzene rings is 2. The average Bonchev–Trinajstić information content (AvgIpc) is 3.45. The van der Waals surface area contributed by atoms with Gasteiger partial charge in [-0.05, 0) is 53.9 Å². The van der Waals surface area contributed by atoms with Crippen LogP contribution in [0.15, 0.2) is 70.9 Å². The average molecular weight is 492 g/mol. The van der Waals surface area contributed by atoms with Gasteiger partial charge >= 0.3 is 0 Å². The summed E-state index contributed by atoms with van der Waals surface area (Å²) in [6, 6.07) is 17.8. The molecule has 34 heavy (non-hydrogen) atoms. The number of imide groups is 1. The molecule has 0 unspecified atom stereocenters. The van der Waals surface area contributed by atoms with Crippen LogP contribution in [-0.2, 0) is 4.79 Å². The number of rotatable bonds is 7. The molecule has 4 rings (SSSR count).